The van der Waals surface area contributed by atoms with Gasteiger partial charge in [-0.3, -0.25) is 4.57 Å². The van der Waals surface area contributed by atoms with Crippen molar-refractivity contribution >= 4 is 28.9 Å². The van der Waals surface area contributed by atoms with Crippen LogP contribution in [0.25, 0.3) is 11.2 Å². The highest BCUT2D eigenvalue weighted by molar-refractivity contribution is 8.00. The van der Waals surface area contributed by atoms with E-state index in [9.17, 15) is 15.3 Å². The third-order valence-electron chi connectivity index (χ3n) is 4.09. The minimum absolute atomic E-state index is 0.0989. The van der Waals surface area contributed by atoms with Crippen LogP contribution in [0.5, 0.6) is 0 Å². The summed E-state index contributed by atoms with van der Waals surface area (Å²) in [4.78, 5) is 12.8. The molecule has 2 aromatic heterocycles. The second-order valence-corrected chi connectivity index (χ2v) is 7.20. The third-order valence-corrected chi connectivity index (χ3v) is 5.33. The predicted octanol–water partition coefficient (Wildman–Crippen LogP) is -0.0894. The zero-order valence-electron chi connectivity index (χ0n) is 13.4. The molecule has 1 aliphatic rings. The molecule has 5 atom stereocenters. The van der Waals surface area contributed by atoms with Crippen LogP contribution in [0.4, 0.5) is 5.95 Å². The van der Waals surface area contributed by atoms with E-state index in [1.807, 2.05) is 0 Å². The van der Waals surface area contributed by atoms with Gasteiger partial charge in [0.25, 0.3) is 0 Å². The highest BCUT2D eigenvalue weighted by atomic mass is 32.2. The molecule has 1 saturated heterocycles. The average molecular weight is 355 g/mol. The van der Waals surface area contributed by atoms with Crippen molar-refractivity contribution in [3.63, 3.8) is 0 Å². The summed E-state index contributed by atoms with van der Waals surface area (Å²) in [6.07, 6.45) is -1.73. The van der Waals surface area contributed by atoms with Crippen LogP contribution in [0.1, 0.15) is 26.5 Å². The summed E-state index contributed by atoms with van der Waals surface area (Å²) in [5, 5.41) is 30.4. The van der Waals surface area contributed by atoms with Crippen LogP contribution in [0.15, 0.2) is 11.4 Å². The lowest BCUT2D eigenvalue weighted by Gasteiger charge is -2.16. The second kappa shape index (κ2) is 6.81. The molecule has 3 rings (SSSR count). The van der Waals surface area contributed by atoms with Gasteiger partial charge in [0.05, 0.1) is 12.9 Å². The molecule has 1 fully saturated rings. The van der Waals surface area contributed by atoms with E-state index in [1.54, 1.807) is 11.8 Å². The van der Waals surface area contributed by atoms with E-state index >= 15 is 0 Å². The smallest absolute Gasteiger partial charge is 0.223 e. The molecule has 5 N–H and O–H groups in total. The van der Waals surface area contributed by atoms with Crippen LogP contribution >= 0.6 is 11.8 Å². The first-order valence-corrected chi connectivity index (χ1v) is 8.63. The number of imidazole rings is 1. The highest BCUT2D eigenvalue weighted by Crippen LogP contribution is 2.34. The highest BCUT2D eigenvalue weighted by Gasteiger charge is 2.44. The number of nitrogens with zero attached hydrogens (tertiary/aromatic N) is 4. The van der Waals surface area contributed by atoms with E-state index in [1.165, 1.54) is 10.9 Å². The standard InChI is InChI=1S/C14H21N5O4S/c1-3-6(2)24-12-8-11(17-14(15)18-12)19(5-16-8)13-10(22)9(21)7(4-20)23-13/h5-7,9-10,13,20-22H,3-4H2,1-2H3,(H2,15,17,18)/t6-,7-,9+,10+,13-/m0/s1. The first-order chi connectivity index (χ1) is 11.5. The molecule has 9 nitrogen and oxygen atoms in total. The molecule has 0 saturated carbocycles. The van der Waals surface area contributed by atoms with Gasteiger partial charge in [0, 0.05) is 5.25 Å². The summed E-state index contributed by atoms with van der Waals surface area (Å²) in [7, 11) is 0. The Morgan fingerprint density at radius 2 is 2.12 bits per heavy atom. The van der Waals surface area contributed by atoms with Gasteiger partial charge in [-0.25, -0.2) is 9.97 Å². The Labute approximate surface area is 142 Å². The monoisotopic (exact) mass is 355 g/mol. The summed E-state index contributed by atoms with van der Waals surface area (Å²) >= 11 is 1.55. The summed E-state index contributed by atoms with van der Waals surface area (Å²) in [6, 6.07) is 0. The molecule has 0 aromatic carbocycles. The number of nitrogens with two attached hydrogens (primary N) is 1. The Bertz CT molecular complexity index is 726. The van der Waals surface area contributed by atoms with Gasteiger partial charge in [-0.1, -0.05) is 13.8 Å². The van der Waals surface area contributed by atoms with Crippen molar-refractivity contribution in [2.45, 2.75) is 55.1 Å². The molecule has 1 aliphatic heterocycles. The molecule has 0 aliphatic carbocycles. The van der Waals surface area contributed by atoms with Crippen molar-refractivity contribution in [1.29, 1.82) is 0 Å². The maximum Gasteiger partial charge on any atom is 0.223 e. The molecule has 0 spiro atoms. The molecule has 132 valence electrons. The summed E-state index contributed by atoms with van der Waals surface area (Å²) in [6.45, 7) is 3.77. The van der Waals surface area contributed by atoms with E-state index in [2.05, 4.69) is 28.8 Å². The van der Waals surface area contributed by atoms with Crippen LogP contribution in [-0.4, -0.2) is 65.0 Å². The van der Waals surface area contributed by atoms with Gasteiger partial charge < -0.3 is 25.8 Å². The number of ether oxygens (including phenoxy) is 1. The fourth-order valence-electron chi connectivity index (χ4n) is 2.56. The molecule has 2 aromatic rings. The normalized spacial score (nSPS) is 28.5. The molecule has 0 unspecified atom stereocenters. The molecule has 0 radical (unpaired) electrons. The lowest BCUT2D eigenvalue weighted by molar-refractivity contribution is -0.0511. The first kappa shape index (κ1) is 17.4. The van der Waals surface area contributed by atoms with E-state index in [-0.39, 0.29) is 5.95 Å². The van der Waals surface area contributed by atoms with Crippen molar-refractivity contribution in [3.05, 3.63) is 6.33 Å². The van der Waals surface area contributed by atoms with E-state index < -0.39 is 31.1 Å². The maximum absolute atomic E-state index is 10.2. The van der Waals surface area contributed by atoms with Crippen LogP contribution < -0.4 is 5.73 Å². The molecular weight excluding hydrogens is 334 g/mol. The van der Waals surface area contributed by atoms with E-state index in [0.29, 0.717) is 21.4 Å². The van der Waals surface area contributed by atoms with Gasteiger partial charge >= 0.3 is 0 Å². The van der Waals surface area contributed by atoms with Gasteiger partial charge in [-0.05, 0) is 6.42 Å². The van der Waals surface area contributed by atoms with Gasteiger partial charge in [0.2, 0.25) is 5.95 Å². The van der Waals surface area contributed by atoms with E-state index in [4.69, 9.17) is 10.5 Å². The van der Waals surface area contributed by atoms with E-state index in [0.717, 1.165) is 6.42 Å². The molecule has 10 heteroatoms. The van der Waals surface area contributed by atoms with Crippen LogP contribution in [0.3, 0.4) is 0 Å². The third kappa shape index (κ3) is 2.95. The van der Waals surface area contributed by atoms with Crippen molar-refractivity contribution in [2.75, 3.05) is 12.3 Å². The number of anilines is 1. The number of thioether (sulfide) groups is 1. The first-order valence-electron chi connectivity index (χ1n) is 7.75. The number of hydrogen-bond donors (Lipinski definition) is 4. The zero-order valence-corrected chi connectivity index (χ0v) is 14.2. The van der Waals surface area contributed by atoms with Crippen molar-refractivity contribution < 1.29 is 20.1 Å². The van der Waals surface area contributed by atoms with Gasteiger partial charge in [-0.2, -0.15) is 4.98 Å². The topological polar surface area (TPSA) is 140 Å². The van der Waals surface area contributed by atoms with Gasteiger partial charge in [-0.15, -0.1) is 11.8 Å². The minimum Gasteiger partial charge on any atom is -0.394 e. The average Bonchev–Trinajstić information content (AvgIpc) is 3.09. The molecular formula is C14H21N5O4S. The lowest BCUT2D eigenvalue weighted by atomic mass is 10.1. The largest absolute Gasteiger partial charge is 0.394 e. The Hall–Kier alpha value is -1.46. The quantitative estimate of drug-likeness (QED) is 0.428. The number of nitrogen functional groups attached to an aromatic ring is 1. The lowest BCUT2D eigenvalue weighted by Crippen LogP contribution is -2.33. The summed E-state index contributed by atoms with van der Waals surface area (Å²) in [5.41, 5.74) is 6.80. The van der Waals surface area contributed by atoms with Gasteiger partial charge in [0.15, 0.2) is 11.9 Å². The Morgan fingerprint density at radius 3 is 2.75 bits per heavy atom. The Balaban J connectivity index is 2.02. The van der Waals surface area contributed by atoms with Crippen molar-refractivity contribution in [3.8, 4) is 0 Å². The van der Waals surface area contributed by atoms with Gasteiger partial charge in [0.1, 0.15) is 28.9 Å². The second-order valence-electron chi connectivity index (χ2n) is 5.78. The number of hydrogen-bond acceptors (Lipinski definition) is 9. The molecule has 0 amide bonds. The summed E-state index contributed by atoms with van der Waals surface area (Å²) < 4.78 is 7.05. The number of rotatable bonds is 5. The molecule has 3 heterocycles. The predicted molar refractivity (Wildman–Crippen MR) is 88.4 cm³/mol. The Kier molecular flexibility index (Phi) is 4.92. The molecule has 24 heavy (non-hydrogen) atoms. The fraction of sp³-hybridized carbons (Fsp3) is 0.643. The summed E-state index contributed by atoms with van der Waals surface area (Å²) in [5.74, 6) is 0.0989. The maximum atomic E-state index is 10.2. The fourth-order valence-corrected chi connectivity index (χ4v) is 3.51. The number of aliphatic hydroxyl groups is 3. The Morgan fingerprint density at radius 1 is 1.38 bits per heavy atom. The van der Waals surface area contributed by atoms with Crippen LogP contribution in [0, 0.1) is 0 Å². The van der Waals surface area contributed by atoms with Crippen LogP contribution in [-0.2, 0) is 4.74 Å². The van der Waals surface area contributed by atoms with Crippen LogP contribution in [0.2, 0.25) is 0 Å². The zero-order chi connectivity index (χ0) is 17.4. The number of aliphatic hydroxyl groups excluding tert-OH is 3. The number of fused-ring (bicyclic) bond motifs is 1. The molecule has 0 bridgehead atoms. The van der Waals surface area contributed by atoms with Crippen molar-refractivity contribution in [2.24, 2.45) is 0 Å². The minimum atomic E-state index is -1.21. The number of aromatic nitrogens is 4. The SMILES string of the molecule is CC[C@H](C)Sc1nc(N)nc2c1ncn2[C@H]1O[C@@H](CO)[C@@H](O)[C@H]1O. The van der Waals surface area contributed by atoms with Crippen molar-refractivity contribution in [1.82, 2.24) is 19.5 Å².